The summed E-state index contributed by atoms with van der Waals surface area (Å²) in [5, 5.41) is 7.90. The van der Waals surface area contributed by atoms with Gasteiger partial charge in [-0.25, -0.2) is 5.43 Å². The number of carbonyl (C=O) groups is 2. The van der Waals surface area contributed by atoms with Crippen molar-refractivity contribution in [1.82, 2.24) is 5.43 Å². The quantitative estimate of drug-likeness (QED) is 0.510. The molecule has 1 aliphatic rings. The number of halogens is 1. The first-order valence-corrected chi connectivity index (χ1v) is 10.9. The Morgan fingerprint density at radius 3 is 2.53 bits per heavy atom. The SMILES string of the molecule is Cc1cc(Cl)ccc1NC(=O)c1oc2c(c1C)/C(=N/NC(=O)c1ccccc1C)CCC2. The number of fused-ring (bicyclic) bond motifs is 1. The van der Waals surface area contributed by atoms with Gasteiger partial charge < -0.3 is 9.73 Å². The Morgan fingerprint density at radius 1 is 1.00 bits per heavy atom. The van der Waals surface area contributed by atoms with E-state index in [-0.39, 0.29) is 17.6 Å². The molecule has 0 unspecified atom stereocenters. The van der Waals surface area contributed by atoms with Gasteiger partial charge in [-0.05, 0) is 69.0 Å². The minimum Gasteiger partial charge on any atom is -0.455 e. The Hall–Kier alpha value is -3.38. The summed E-state index contributed by atoms with van der Waals surface area (Å²) in [5.74, 6) is 0.380. The summed E-state index contributed by atoms with van der Waals surface area (Å²) in [4.78, 5) is 25.5. The van der Waals surface area contributed by atoms with E-state index in [9.17, 15) is 9.59 Å². The summed E-state index contributed by atoms with van der Waals surface area (Å²) in [6, 6.07) is 12.6. The van der Waals surface area contributed by atoms with Crippen molar-refractivity contribution < 1.29 is 14.0 Å². The molecule has 0 bridgehead atoms. The highest BCUT2D eigenvalue weighted by Crippen LogP contribution is 2.31. The van der Waals surface area contributed by atoms with E-state index in [1.54, 1.807) is 24.3 Å². The van der Waals surface area contributed by atoms with Gasteiger partial charge in [0.05, 0.1) is 5.71 Å². The topological polar surface area (TPSA) is 83.7 Å². The average molecular weight is 450 g/mol. The number of amides is 2. The molecule has 0 aliphatic heterocycles. The molecule has 7 heteroatoms. The number of aryl methyl sites for hydroxylation is 3. The molecule has 6 nitrogen and oxygen atoms in total. The molecule has 0 atom stereocenters. The van der Waals surface area contributed by atoms with Crippen LogP contribution in [0.25, 0.3) is 0 Å². The molecule has 0 saturated carbocycles. The molecule has 0 spiro atoms. The summed E-state index contributed by atoms with van der Waals surface area (Å²) >= 11 is 6.01. The van der Waals surface area contributed by atoms with Crippen LogP contribution in [0, 0.1) is 20.8 Å². The molecule has 0 saturated heterocycles. The minimum absolute atomic E-state index is 0.254. The van der Waals surface area contributed by atoms with Crippen LogP contribution in [0.1, 0.15) is 61.8 Å². The highest BCUT2D eigenvalue weighted by Gasteiger charge is 2.28. The first-order chi connectivity index (χ1) is 15.3. The molecule has 1 aromatic heterocycles. The van der Waals surface area contributed by atoms with Gasteiger partial charge in [-0.3, -0.25) is 9.59 Å². The Morgan fingerprint density at radius 2 is 1.78 bits per heavy atom. The van der Waals surface area contributed by atoms with Crippen LogP contribution < -0.4 is 10.7 Å². The highest BCUT2D eigenvalue weighted by atomic mass is 35.5. The Labute approximate surface area is 191 Å². The van der Waals surface area contributed by atoms with E-state index in [2.05, 4.69) is 15.8 Å². The maximum atomic E-state index is 12.9. The van der Waals surface area contributed by atoms with Crippen LogP contribution in [0.3, 0.4) is 0 Å². The van der Waals surface area contributed by atoms with E-state index < -0.39 is 0 Å². The standard InChI is InChI=1S/C25H24ClN3O3/c1-14-7-4-5-8-18(14)24(30)29-28-20-9-6-10-21-22(20)16(3)23(32-21)25(31)27-19-12-11-17(26)13-15(19)2/h4-5,7-8,11-13H,6,9-10H2,1-3H3,(H,27,31)(H,29,30)/b28-20+. The van der Waals surface area contributed by atoms with E-state index in [0.717, 1.165) is 34.6 Å². The zero-order chi connectivity index (χ0) is 22.8. The third-order valence-corrected chi connectivity index (χ3v) is 5.89. The van der Waals surface area contributed by atoms with Crippen molar-refractivity contribution in [2.75, 3.05) is 5.32 Å². The summed E-state index contributed by atoms with van der Waals surface area (Å²) in [6.07, 6.45) is 2.24. The zero-order valence-electron chi connectivity index (χ0n) is 18.2. The smallest absolute Gasteiger partial charge is 0.291 e. The molecule has 4 rings (SSSR count). The second-order valence-electron chi connectivity index (χ2n) is 7.94. The van der Waals surface area contributed by atoms with Gasteiger partial charge in [0.2, 0.25) is 0 Å². The molecule has 0 fully saturated rings. The van der Waals surface area contributed by atoms with Gasteiger partial charge in [0, 0.05) is 33.8 Å². The largest absolute Gasteiger partial charge is 0.455 e. The lowest BCUT2D eigenvalue weighted by atomic mass is 9.93. The average Bonchev–Trinajstić information content (AvgIpc) is 3.11. The second-order valence-corrected chi connectivity index (χ2v) is 8.37. The fourth-order valence-electron chi connectivity index (χ4n) is 3.95. The third-order valence-electron chi connectivity index (χ3n) is 5.65. The highest BCUT2D eigenvalue weighted by molar-refractivity contribution is 6.30. The Bertz CT molecular complexity index is 1240. The number of anilines is 1. The predicted molar refractivity (Wildman–Crippen MR) is 126 cm³/mol. The lowest BCUT2D eigenvalue weighted by molar-refractivity contribution is 0.0953. The van der Waals surface area contributed by atoms with Gasteiger partial charge in [0.1, 0.15) is 5.76 Å². The molecular formula is C25H24ClN3O3. The Kier molecular flexibility index (Phi) is 6.15. The first-order valence-electron chi connectivity index (χ1n) is 10.5. The maximum Gasteiger partial charge on any atom is 0.291 e. The van der Waals surface area contributed by atoms with Crippen LogP contribution in [0.5, 0.6) is 0 Å². The summed E-state index contributed by atoms with van der Waals surface area (Å²) < 4.78 is 5.94. The first kappa shape index (κ1) is 21.8. The number of nitrogens with one attached hydrogen (secondary N) is 2. The van der Waals surface area contributed by atoms with Crippen molar-refractivity contribution in [2.24, 2.45) is 5.10 Å². The van der Waals surface area contributed by atoms with Crippen molar-refractivity contribution in [1.29, 1.82) is 0 Å². The number of hydrogen-bond acceptors (Lipinski definition) is 4. The monoisotopic (exact) mass is 449 g/mol. The number of hydrazone groups is 1. The lowest BCUT2D eigenvalue weighted by Crippen LogP contribution is -2.22. The van der Waals surface area contributed by atoms with E-state index in [0.29, 0.717) is 34.7 Å². The van der Waals surface area contributed by atoms with Gasteiger partial charge in [-0.1, -0.05) is 29.8 Å². The number of carbonyl (C=O) groups excluding carboxylic acids is 2. The molecule has 3 aromatic rings. The second kappa shape index (κ2) is 9.01. The fourth-order valence-corrected chi connectivity index (χ4v) is 4.18. The fraction of sp³-hybridized carbons (Fsp3) is 0.240. The van der Waals surface area contributed by atoms with E-state index in [4.69, 9.17) is 16.0 Å². The zero-order valence-corrected chi connectivity index (χ0v) is 19.0. The van der Waals surface area contributed by atoms with Crippen molar-refractivity contribution in [3.63, 3.8) is 0 Å². The van der Waals surface area contributed by atoms with Gasteiger partial charge in [-0.2, -0.15) is 5.10 Å². The number of hydrogen-bond donors (Lipinski definition) is 2. The summed E-state index contributed by atoms with van der Waals surface area (Å²) in [7, 11) is 0. The van der Waals surface area contributed by atoms with Crippen LogP contribution in [0.4, 0.5) is 5.69 Å². The Balaban J connectivity index is 1.58. The molecule has 2 aromatic carbocycles. The van der Waals surface area contributed by atoms with Crippen LogP contribution in [-0.2, 0) is 6.42 Å². The van der Waals surface area contributed by atoms with Crippen molar-refractivity contribution in [3.05, 3.63) is 86.8 Å². The van der Waals surface area contributed by atoms with Gasteiger partial charge in [0.15, 0.2) is 5.76 Å². The van der Waals surface area contributed by atoms with Gasteiger partial charge >= 0.3 is 0 Å². The molecule has 164 valence electrons. The van der Waals surface area contributed by atoms with Crippen LogP contribution in [0.15, 0.2) is 52.0 Å². The molecule has 2 amide bonds. The van der Waals surface area contributed by atoms with E-state index >= 15 is 0 Å². The lowest BCUT2D eigenvalue weighted by Gasteiger charge is -2.13. The number of rotatable bonds is 4. The van der Waals surface area contributed by atoms with Crippen LogP contribution in [-0.4, -0.2) is 17.5 Å². The summed E-state index contributed by atoms with van der Waals surface area (Å²) in [6.45, 7) is 5.60. The van der Waals surface area contributed by atoms with Gasteiger partial charge in [0.25, 0.3) is 11.8 Å². The predicted octanol–water partition coefficient (Wildman–Crippen LogP) is 5.58. The number of nitrogens with zero attached hydrogens (tertiary/aromatic N) is 1. The third kappa shape index (κ3) is 4.32. The van der Waals surface area contributed by atoms with E-state index in [1.807, 2.05) is 39.0 Å². The molecule has 32 heavy (non-hydrogen) atoms. The molecule has 0 radical (unpaired) electrons. The van der Waals surface area contributed by atoms with Gasteiger partial charge in [-0.15, -0.1) is 0 Å². The molecular weight excluding hydrogens is 426 g/mol. The number of benzene rings is 2. The normalized spacial score (nSPS) is 14.2. The molecule has 1 aliphatic carbocycles. The van der Waals surface area contributed by atoms with Crippen molar-refractivity contribution in [3.8, 4) is 0 Å². The van der Waals surface area contributed by atoms with Crippen molar-refractivity contribution in [2.45, 2.75) is 40.0 Å². The van der Waals surface area contributed by atoms with Crippen LogP contribution >= 0.6 is 11.6 Å². The van der Waals surface area contributed by atoms with Crippen LogP contribution in [0.2, 0.25) is 5.02 Å². The van der Waals surface area contributed by atoms with Crippen molar-refractivity contribution >= 4 is 34.8 Å². The number of furan rings is 1. The summed E-state index contributed by atoms with van der Waals surface area (Å²) in [5.41, 5.74) is 7.90. The maximum absolute atomic E-state index is 12.9. The van der Waals surface area contributed by atoms with E-state index in [1.165, 1.54) is 0 Å². The minimum atomic E-state index is -0.328. The molecule has 1 heterocycles. The molecule has 2 N–H and O–H groups in total.